The second-order valence-corrected chi connectivity index (χ2v) is 4.42. The molecule has 2 aromatic heterocycles. The van der Waals surface area contributed by atoms with Crippen LogP contribution in [0.3, 0.4) is 0 Å². The predicted octanol–water partition coefficient (Wildman–Crippen LogP) is 2.89. The van der Waals surface area contributed by atoms with Gasteiger partial charge in [-0.1, -0.05) is 18.2 Å². The molecule has 0 saturated carbocycles. The lowest BCUT2D eigenvalue weighted by atomic mass is 10.1. The Bertz CT molecular complexity index is 734. The van der Waals surface area contributed by atoms with Gasteiger partial charge in [-0.3, -0.25) is 0 Å². The molecule has 20 heavy (non-hydrogen) atoms. The second kappa shape index (κ2) is 5.35. The molecule has 0 unspecified atom stereocenters. The zero-order valence-electron chi connectivity index (χ0n) is 11.3. The second-order valence-electron chi connectivity index (χ2n) is 4.42. The standard InChI is InChI=1S/C16H16N2O2/c1-2-20-14-8-4-3-7-12(14)16-13(11-19)18-10-6-5-9-15(18)17-16/h3-10,19H,2,11H2,1H3. The van der Waals surface area contributed by atoms with Gasteiger partial charge in [0.2, 0.25) is 0 Å². The number of imidazole rings is 1. The lowest BCUT2D eigenvalue weighted by molar-refractivity contribution is 0.276. The highest BCUT2D eigenvalue weighted by Crippen LogP contribution is 2.32. The molecule has 0 aliphatic heterocycles. The summed E-state index contributed by atoms with van der Waals surface area (Å²) in [5, 5.41) is 9.69. The van der Waals surface area contributed by atoms with Crippen LogP contribution in [0.1, 0.15) is 12.6 Å². The summed E-state index contributed by atoms with van der Waals surface area (Å²) in [5.74, 6) is 0.785. The Hall–Kier alpha value is -2.33. The molecule has 2 heterocycles. The average Bonchev–Trinajstić information content (AvgIpc) is 2.86. The minimum atomic E-state index is -0.0685. The molecule has 0 aliphatic carbocycles. The first-order valence-corrected chi connectivity index (χ1v) is 6.64. The van der Waals surface area contributed by atoms with E-state index in [1.165, 1.54) is 0 Å². The van der Waals surface area contributed by atoms with Crippen LogP contribution in [0.2, 0.25) is 0 Å². The van der Waals surface area contributed by atoms with E-state index < -0.39 is 0 Å². The van der Waals surface area contributed by atoms with Gasteiger partial charge in [0.15, 0.2) is 0 Å². The number of aromatic nitrogens is 2. The quantitative estimate of drug-likeness (QED) is 0.791. The number of rotatable bonds is 4. The van der Waals surface area contributed by atoms with Gasteiger partial charge in [0, 0.05) is 11.8 Å². The molecular weight excluding hydrogens is 252 g/mol. The van der Waals surface area contributed by atoms with Crippen molar-refractivity contribution >= 4 is 5.65 Å². The zero-order chi connectivity index (χ0) is 13.9. The maximum Gasteiger partial charge on any atom is 0.137 e. The first-order chi connectivity index (χ1) is 9.85. The van der Waals surface area contributed by atoms with E-state index in [0.717, 1.165) is 28.3 Å². The molecule has 0 amide bonds. The van der Waals surface area contributed by atoms with Crippen molar-refractivity contribution in [2.45, 2.75) is 13.5 Å². The molecule has 1 aromatic carbocycles. The molecule has 0 aliphatic rings. The SMILES string of the molecule is CCOc1ccccc1-c1nc2ccccn2c1CO. The maximum atomic E-state index is 9.69. The highest BCUT2D eigenvalue weighted by atomic mass is 16.5. The number of pyridine rings is 1. The van der Waals surface area contributed by atoms with E-state index in [0.29, 0.717) is 6.61 Å². The van der Waals surface area contributed by atoms with Crippen LogP contribution in [0.5, 0.6) is 5.75 Å². The fourth-order valence-electron chi connectivity index (χ4n) is 2.36. The zero-order valence-corrected chi connectivity index (χ0v) is 11.3. The van der Waals surface area contributed by atoms with E-state index in [2.05, 4.69) is 4.98 Å². The van der Waals surface area contributed by atoms with Gasteiger partial charge < -0.3 is 14.2 Å². The van der Waals surface area contributed by atoms with E-state index >= 15 is 0 Å². The topological polar surface area (TPSA) is 46.8 Å². The van der Waals surface area contributed by atoms with E-state index in [1.54, 1.807) is 0 Å². The van der Waals surface area contributed by atoms with E-state index in [4.69, 9.17) is 4.74 Å². The van der Waals surface area contributed by atoms with Crippen molar-refractivity contribution in [1.29, 1.82) is 0 Å². The van der Waals surface area contributed by atoms with Gasteiger partial charge in [-0.25, -0.2) is 4.98 Å². The Labute approximate surface area is 117 Å². The molecule has 3 rings (SSSR count). The molecule has 3 aromatic rings. The van der Waals surface area contributed by atoms with Gasteiger partial charge in [-0.2, -0.15) is 0 Å². The van der Waals surface area contributed by atoms with Crippen molar-refractivity contribution in [2.24, 2.45) is 0 Å². The van der Waals surface area contributed by atoms with Gasteiger partial charge >= 0.3 is 0 Å². The fourth-order valence-corrected chi connectivity index (χ4v) is 2.36. The van der Waals surface area contributed by atoms with Crippen LogP contribution in [0, 0.1) is 0 Å². The third-order valence-electron chi connectivity index (χ3n) is 3.22. The Morgan fingerprint density at radius 3 is 2.75 bits per heavy atom. The minimum absolute atomic E-state index is 0.0685. The summed E-state index contributed by atoms with van der Waals surface area (Å²) in [6.07, 6.45) is 1.90. The van der Waals surface area contributed by atoms with Crippen LogP contribution in [-0.2, 0) is 6.61 Å². The van der Waals surface area contributed by atoms with Crippen LogP contribution in [0.25, 0.3) is 16.9 Å². The number of aliphatic hydroxyl groups excluding tert-OH is 1. The Balaban J connectivity index is 2.24. The van der Waals surface area contributed by atoms with E-state index in [9.17, 15) is 5.11 Å². The summed E-state index contributed by atoms with van der Waals surface area (Å²) >= 11 is 0. The van der Waals surface area contributed by atoms with E-state index in [1.807, 2.05) is 60.0 Å². The summed E-state index contributed by atoms with van der Waals surface area (Å²) in [4.78, 5) is 4.62. The van der Waals surface area contributed by atoms with Gasteiger partial charge in [-0.15, -0.1) is 0 Å². The molecule has 0 saturated heterocycles. The number of aliphatic hydroxyl groups is 1. The normalized spacial score (nSPS) is 10.9. The Morgan fingerprint density at radius 1 is 1.15 bits per heavy atom. The molecule has 0 atom stereocenters. The third-order valence-corrected chi connectivity index (χ3v) is 3.22. The largest absolute Gasteiger partial charge is 0.493 e. The van der Waals surface area contributed by atoms with Gasteiger partial charge in [0.25, 0.3) is 0 Å². The lowest BCUT2D eigenvalue weighted by Crippen LogP contribution is -1.97. The first-order valence-electron chi connectivity index (χ1n) is 6.64. The van der Waals surface area contributed by atoms with Crippen molar-refractivity contribution in [3.05, 3.63) is 54.4 Å². The molecule has 0 spiro atoms. The van der Waals surface area contributed by atoms with Crippen LogP contribution in [0.4, 0.5) is 0 Å². The van der Waals surface area contributed by atoms with E-state index in [-0.39, 0.29) is 6.61 Å². The van der Waals surface area contributed by atoms with Crippen molar-refractivity contribution in [2.75, 3.05) is 6.61 Å². The number of fused-ring (bicyclic) bond motifs is 1. The van der Waals surface area contributed by atoms with Crippen molar-refractivity contribution in [3.63, 3.8) is 0 Å². The highest BCUT2D eigenvalue weighted by Gasteiger charge is 2.16. The summed E-state index contributed by atoms with van der Waals surface area (Å²) in [5.41, 5.74) is 3.26. The number of benzene rings is 1. The summed E-state index contributed by atoms with van der Waals surface area (Å²) < 4.78 is 7.56. The van der Waals surface area contributed by atoms with Crippen molar-refractivity contribution in [3.8, 4) is 17.0 Å². The number of para-hydroxylation sites is 1. The molecule has 0 fully saturated rings. The average molecular weight is 268 g/mol. The molecule has 0 radical (unpaired) electrons. The molecule has 102 valence electrons. The van der Waals surface area contributed by atoms with Gasteiger partial charge in [-0.05, 0) is 31.2 Å². The smallest absolute Gasteiger partial charge is 0.137 e. The Morgan fingerprint density at radius 2 is 1.95 bits per heavy atom. The molecule has 4 nitrogen and oxygen atoms in total. The van der Waals surface area contributed by atoms with Crippen LogP contribution in [-0.4, -0.2) is 21.1 Å². The summed E-state index contributed by atoms with van der Waals surface area (Å²) in [7, 11) is 0. The maximum absolute atomic E-state index is 9.69. The highest BCUT2D eigenvalue weighted by molar-refractivity contribution is 5.72. The number of nitrogens with zero attached hydrogens (tertiary/aromatic N) is 2. The number of ether oxygens (including phenoxy) is 1. The van der Waals surface area contributed by atoms with Crippen LogP contribution < -0.4 is 4.74 Å². The van der Waals surface area contributed by atoms with Crippen molar-refractivity contribution < 1.29 is 9.84 Å². The summed E-state index contributed by atoms with van der Waals surface area (Å²) in [6.45, 7) is 2.48. The molecule has 1 N–H and O–H groups in total. The lowest BCUT2D eigenvalue weighted by Gasteiger charge is -2.09. The van der Waals surface area contributed by atoms with Crippen LogP contribution in [0.15, 0.2) is 48.7 Å². The van der Waals surface area contributed by atoms with Gasteiger partial charge in [0.05, 0.1) is 24.6 Å². The van der Waals surface area contributed by atoms with Gasteiger partial charge in [0.1, 0.15) is 11.4 Å². The predicted molar refractivity (Wildman–Crippen MR) is 77.7 cm³/mol. The molecule has 0 bridgehead atoms. The Kier molecular flexibility index (Phi) is 3.39. The third kappa shape index (κ3) is 2.04. The minimum Gasteiger partial charge on any atom is -0.493 e. The monoisotopic (exact) mass is 268 g/mol. The van der Waals surface area contributed by atoms with Crippen molar-refractivity contribution in [1.82, 2.24) is 9.38 Å². The molecule has 4 heteroatoms. The number of hydrogen-bond donors (Lipinski definition) is 1. The van der Waals surface area contributed by atoms with Crippen LogP contribution >= 0.6 is 0 Å². The summed E-state index contributed by atoms with van der Waals surface area (Å²) in [6, 6.07) is 13.5. The number of hydrogen-bond acceptors (Lipinski definition) is 3. The fraction of sp³-hybridized carbons (Fsp3) is 0.188. The molecular formula is C16H16N2O2. The first kappa shape index (κ1) is 12.7.